The van der Waals surface area contributed by atoms with Crippen LogP contribution in [-0.4, -0.2) is 27.8 Å². The van der Waals surface area contributed by atoms with Gasteiger partial charge in [-0.3, -0.25) is 10.1 Å². The van der Waals surface area contributed by atoms with E-state index in [1.54, 1.807) is 0 Å². The number of hydrogen-bond acceptors (Lipinski definition) is 6. The Hall–Kier alpha value is -1.70. The standard InChI is InChI=1S/C9H13N3O4/c10-4-8(13)9(14)5-1-2-7(12(15)16)6(11)3-5/h1-3,8-9,13-14H,4,10-11H2. The Morgan fingerprint density at radius 2 is 2.06 bits per heavy atom. The second kappa shape index (κ2) is 4.88. The summed E-state index contributed by atoms with van der Waals surface area (Å²) in [6.07, 6.45) is -2.33. The van der Waals surface area contributed by atoms with Crippen molar-refractivity contribution in [1.29, 1.82) is 0 Å². The van der Waals surface area contributed by atoms with Gasteiger partial charge in [0.15, 0.2) is 0 Å². The molecule has 0 aliphatic heterocycles. The molecule has 16 heavy (non-hydrogen) atoms. The van der Waals surface area contributed by atoms with E-state index < -0.39 is 17.1 Å². The van der Waals surface area contributed by atoms with Gasteiger partial charge in [-0.05, 0) is 17.7 Å². The van der Waals surface area contributed by atoms with Crippen molar-refractivity contribution >= 4 is 11.4 Å². The normalized spacial score (nSPS) is 14.4. The molecule has 0 saturated carbocycles. The molecule has 0 aliphatic rings. The lowest BCUT2D eigenvalue weighted by Gasteiger charge is -2.16. The fourth-order valence-corrected chi connectivity index (χ4v) is 1.27. The van der Waals surface area contributed by atoms with Crippen LogP contribution in [0.15, 0.2) is 18.2 Å². The quantitative estimate of drug-likeness (QED) is 0.312. The van der Waals surface area contributed by atoms with Crippen molar-refractivity contribution in [3.63, 3.8) is 0 Å². The molecule has 0 spiro atoms. The highest BCUT2D eigenvalue weighted by Gasteiger charge is 2.19. The molecule has 0 bridgehead atoms. The van der Waals surface area contributed by atoms with Crippen LogP contribution in [0.1, 0.15) is 11.7 Å². The fraction of sp³-hybridized carbons (Fsp3) is 0.333. The maximum absolute atomic E-state index is 10.5. The van der Waals surface area contributed by atoms with Crippen molar-refractivity contribution in [2.45, 2.75) is 12.2 Å². The molecule has 0 saturated heterocycles. The summed E-state index contributed by atoms with van der Waals surface area (Å²) in [6.45, 7) is -0.113. The minimum absolute atomic E-state index is 0.0641. The molecule has 1 aromatic rings. The summed E-state index contributed by atoms with van der Waals surface area (Å²) < 4.78 is 0. The topological polar surface area (TPSA) is 136 Å². The molecule has 6 N–H and O–H groups in total. The van der Waals surface area contributed by atoms with Crippen LogP contribution in [0, 0.1) is 10.1 Å². The average molecular weight is 227 g/mol. The SMILES string of the molecule is NCC(O)C(O)c1ccc([N+](=O)[O-])c(N)c1. The number of hydrogen-bond donors (Lipinski definition) is 4. The zero-order valence-electron chi connectivity index (χ0n) is 8.41. The molecule has 88 valence electrons. The lowest BCUT2D eigenvalue weighted by molar-refractivity contribution is -0.383. The number of nitro groups is 1. The molecule has 1 aromatic carbocycles. The van der Waals surface area contributed by atoms with Gasteiger partial charge < -0.3 is 21.7 Å². The lowest BCUT2D eigenvalue weighted by Crippen LogP contribution is -2.27. The minimum atomic E-state index is -1.20. The van der Waals surface area contributed by atoms with Gasteiger partial charge in [-0.25, -0.2) is 0 Å². The number of anilines is 1. The van der Waals surface area contributed by atoms with Crippen LogP contribution in [0.4, 0.5) is 11.4 Å². The van der Waals surface area contributed by atoms with Crippen LogP contribution in [0.25, 0.3) is 0 Å². The summed E-state index contributed by atoms with van der Waals surface area (Å²) in [5.41, 5.74) is 10.6. The Bertz CT molecular complexity index is 396. The number of nitrogens with two attached hydrogens (primary N) is 2. The maximum atomic E-state index is 10.5. The third-order valence-corrected chi connectivity index (χ3v) is 2.20. The second-order valence-electron chi connectivity index (χ2n) is 3.32. The van der Waals surface area contributed by atoms with E-state index in [-0.39, 0.29) is 17.9 Å². The molecule has 2 unspecified atom stereocenters. The molecule has 0 aromatic heterocycles. The van der Waals surface area contributed by atoms with E-state index in [0.717, 1.165) is 0 Å². The van der Waals surface area contributed by atoms with E-state index in [1.165, 1.54) is 18.2 Å². The maximum Gasteiger partial charge on any atom is 0.292 e. The number of nitro benzene ring substituents is 1. The first kappa shape index (κ1) is 12.4. The number of aliphatic hydroxyl groups is 2. The molecular formula is C9H13N3O4. The van der Waals surface area contributed by atoms with Crippen LogP contribution >= 0.6 is 0 Å². The zero-order valence-corrected chi connectivity index (χ0v) is 8.41. The lowest BCUT2D eigenvalue weighted by atomic mass is 10.0. The van der Waals surface area contributed by atoms with Crippen molar-refractivity contribution in [1.82, 2.24) is 0 Å². The first-order chi connectivity index (χ1) is 7.47. The van der Waals surface area contributed by atoms with Gasteiger partial charge in [-0.2, -0.15) is 0 Å². The fourth-order valence-electron chi connectivity index (χ4n) is 1.27. The van der Waals surface area contributed by atoms with Gasteiger partial charge in [0.25, 0.3) is 5.69 Å². The van der Waals surface area contributed by atoms with Crippen molar-refractivity contribution < 1.29 is 15.1 Å². The van der Waals surface area contributed by atoms with Gasteiger partial charge >= 0.3 is 0 Å². The summed E-state index contributed by atoms with van der Waals surface area (Å²) in [4.78, 5) is 9.87. The Kier molecular flexibility index (Phi) is 3.78. The Morgan fingerprint density at radius 1 is 1.44 bits per heavy atom. The van der Waals surface area contributed by atoms with Gasteiger partial charge in [0, 0.05) is 12.6 Å². The first-order valence-corrected chi connectivity index (χ1v) is 4.57. The summed E-state index contributed by atoms with van der Waals surface area (Å²) in [5.74, 6) is 0. The summed E-state index contributed by atoms with van der Waals surface area (Å²) >= 11 is 0. The second-order valence-corrected chi connectivity index (χ2v) is 3.32. The molecule has 0 aliphatic carbocycles. The van der Waals surface area contributed by atoms with E-state index in [9.17, 15) is 20.3 Å². The summed E-state index contributed by atoms with van der Waals surface area (Å²) in [6, 6.07) is 3.76. The number of nitrogen functional groups attached to an aromatic ring is 1. The van der Waals surface area contributed by atoms with Gasteiger partial charge in [0.1, 0.15) is 11.8 Å². The zero-order chi connectivity index (χ0) is 12.3. The molecular weight excluding hydrogens is 214 g/mol. The Balaban J connectivity index is 3.01. The first-order valence-electron chi connectivity index (χ1n) is 4.57. The predicted octanol–water partition coefficient (Wildman–Crippen LogP) is -0.470. The minimum Gasteiger partial charge on any atom is -0.393 e. The van der Waals surface area contributed by atoms with Crippen LogP contribution in [0.5, 0.6) is 0 Å². The van der Waals surface area contributed by atoms with Crippen molar-refractivity contribution in [3.05, 3.63) is 33.9 Å². The van der Waals surface area contributed by atoms with Gasteiger partial charge in [-0.1, -0.05) is 0 Å². The molecule has 7 nitrogen and oxygen atoms in total. The largest absolute Gasteiger partial charge is 0.393 e. The summed E-state index contributed by atoms with van der Waals surface area (Å²) in [5, 5.41) is 29.4. The predicted molar refractivity (Wildman–Crippen MR) is 57.5 cm³/mol. The van der Waals surface area contributed by atoms with Gasteiger partial charge in [0.05, 0.1) is 11.0 Å². The monoisotopic (exact) mass is 227 g/mol. The highest BCUT2D eigenvalue weighted by molar-refractivity contribution is 5.59. The third kappa shape index (κ3) is 2.45. The van der Waals surface area contributed by atoms with Crippen molar-refractivity contribution in [3.8, 4) is 0 Å². The van der Waals surface area contributed by atoms with Crippen LogP contribution in [0.3, 0.4) is 0 Å². The number of benzene rings is 1. The molecule has 0 fully saturated rings. The third-order valence-electron chi connectivity index (χ3n) is 2.20. The summed E-state index contributed by atoms with van der Waals surface area (Å²) in [7, 11) is 0. The number of nitrogens with zero attached hydrogens (tertiary/aromatic N) is 1. The van der Waals surface area contributed by atoms with E-state index in [4.69, 9.17) is 11.5 Å². The molecule has 1 rings (SSSR count). The smallest absolute Gasteiger partial charge is 0.292 e. The molecule has 0 radical (unpaired) electrons. The Labute approximate surface area is 91.4 Å². The van der Waals surface area contributed by atoms with E-state index >= 15 is 0 Å². The van der Waals surface area contributed by atoms with Crippen LogP contribution in [0.2, 0.25) is 0 Å². The van der Waals surface area contributed by atoms with Crippen LogP contribution < -0.4 is 11.5 Å². The highest BCUT2D eigenvalue weighted by atomic mass is 16.6. The van der Waals surface area contributed by atoms with Gasteiger partial charge in [-0.15, -0.1) is 0 Å². The number of rotatable bonds is 4. The molecule has 2 atom stereocenters. The van der Waals surface area contributed by atoms with E-state index in [1.807, 2.05) is 0 Å². The molecule has 0 amide bonds. The molecule has 7 heteroatoms. The van der Waals surface area contributed by atoms with E-state index in [0.29, 0.717) is 5.56 Å². The van der Waals surface area contributed by atoms with Crippen molar-refractivity contribution in [2.24, 2.45) is 5.73 Å². The highest BCUT2D eigenvalue weighted by Crippen LogP contribution is 2.26. The van der Waals surface area contributed by atoms with Crippen molar-refractivity contribution in [2.75, 3.05) is 12.3 Å². The van der Waals surface area contributed by atoms with Crippen LogP contribution in [-0.2, 0) is 0 Å². The average Bonchev–Trinajstić information content (AvgIpc) is 2.26. The van der Waals surface area contributed by atoms with E-state index in [2.05, 4.69) is 0 Å². The number of aliphatic hydroxyl groups excluding tert-OH is 2. The molecule has 0 heterocycles. The Morgan fingerprint density at radius 3 is 2.50 bits per heavy atom. The van der Waals surface area contributed by atoms with Gasteiger partial charge in [0.2, 0.25) is 0 Å².